The molecular weight excluding hydrogens is 452 g/mol. The van der Waals surface area contributed by atoms with E-state index >= 15 is 0 Å². The maximum atomic E-state index is 12.6. The Balaban J connectivity index is 1.35. The van der Waals surface area contributed by atoms with Gasteiger partial charge in [-0.3, -0.25) is 4.79 Å². The Morgan fingerprint density at radius 2 is 1.76 bits per heavy atom. The second-order valence-electron chi connectivity index (χ2n) is 7.60. The third-order valence-electron chi connectivity index (χ3n) is 5.55. The molecular formula is C22H23BrN2O3S. The summed E-state index contributed by atoms with van der Waals surface area (Å²) in [7, 11) is -3.49. The van der Waals surface area contributed by atoms with Gasteiger partial charge in [-0.05, 0) is 48.1 Å². The van der Waals surface area contributed by atoms with Crippen LogP contribution in [0.1, 0.15) is 29.9 Å². The lowest BCUT2D eigenvalue weighted by atomic mass is 9.89. The molecule has 0 bridgehead atoms. The molecule has 1 amide bonds. The van der Waals surface area contributed by atoms with Crippen LogP contribution in [0.15, 0.2) is 59.2 Å². The number of nitrogens with one attached hydrogen (secondary N) is 1. The van der Waals surface area contributed by atoms with Gasteiger partial charge in [0.25, 0.3) is 0 Å². The fourth-order valence-corrected chi connectivity index (χ4v) is 5.66. The fourth-order valence-electron chi connectivity index (χ4n) is 4.04. The van der Waals surface area contributed by atoms with E-state index in [1.54, 1.807) is 17.0 Å². The van der Waals surface area contributed by atoms with E-state index in [9.17, 15) is 13.2 Å². The van der Waals surface area contributed by atoms with E-state index in [0.717, 1.165) is 22.8 Å². The molecule has 1 aliphatic heterocycles. The Morgan fingerprint density at radius 3 is 2.48 bits per heavy atom. The maximum absolute atomic E-state index is 12.6. The van der Waals surface area contributed by atoms with E-state index in [0.29, 0.717) is 24.6 Å². The Labute approximate surface area is 179 Å². The molecule has 4 rings (SSSR count). The van der Waals surface area contributed by atoms with E-state index in [-0.39, 0.29) is 11.7 Å². The van der Waals surface area contributed by atoms with E-state index < -0.39 is 15.6 Å². The molecule has 5 nitrogen and oxygen atoms in total. The highest BCUT2D eigenvalue weighted by Crippen LogP contribution is 2.33. The lowest BCUT2D eigenvalue weighted by Crippen LogP contribution is -2.41. The van der Waals surface area contributed by atoms with E-state index in [1.165, 1.54) is 10.9 Å². The number of halogens is 1. The summed E-state index contributed by atoms with van der Waals surface area (Å²) in [5, 5.41) is 1.23. The number of nitrogens with zero attached hydrogens (tertiary/aromatic N) is 1. The highest BCUT2D eigenvalue weighted by Gasteiger charge is 2.28. The number of para-hydroxylation sites is 1. The zero-order valence-corrected chi connectivity index (χ0v) is 18.4. The van der Waals surface area contributed by atoms with Gasteiger partial charge in [0.15, 0.2) is 9.84 Å². The topological polar surface area (TPSA) is 70.2 Å². The minimum atomic E-state index is -3.49. The van der Waals surface area contributed by atoms with Crippen molar-refractivity contribution >= 4 is 42.6 Å². The quantitative estimate of drug-likeness (QED) is 0.600. The van der Waals surface area contributed by atoms with Crippen molar-refractivity contribution in [3.63, 3.8) is 0 Å². The Kier molecular flexibility index (Phi) is 5.79. The molecule has 1 aliphatic rings. The van der Waals surface area contributed by atoms with Crippen molar-refractivity contribution in [3.05, 3.63) is 70.3 Å². The Bertz CT molecular complexity index is 1110. The number of hydrogen-bond donors (Lipinski definition) is 1. The van der Waals surface area contributed by atoms with Gasteiger partial charge in [0.2, 0.25) is 5.91 Å². The number of amides is 1. The number of piperidine rings is 1. The molecule has 0 aliphatic carbocycles. The van der Waals surface area contributed by atoms with Gasteiger partial charge in [-0.25, -0.2) is 8.42 Å². The molecule has 0 spiro atoms. The van der Waals surface area contributed by atoms with Crippen molar-refractivity contribution in [1.82, 2.24) is 9.88 Å². The van der Waals surface area contributed by atoms with Crippen LogP contribution in [0.5, 0.6) is 0 Å². The third-order valence-corrected chi connectivity index (χ3v) is 7.54. The SMILES string of the molecule is O=C(CS(=O)(=O)Cc1ccc(Br)cc1)N1CCC(c2c[nH]c3ccccc23)CC1. The minimum Gasteiger partial charge on any atom is -0.361 e. The standard InChI is InChI=1S/C22H23BrN2O3S/c23-18-7-5-16(6-8-18)14-29(27,28)15-22(26)25-11-9-17(10-12-25)20-13-24-21-4-2-1-3-19(20)21/h1-8,13,17,24H,9-12,14-15H2. The number of benzene rings is 2. The van der Waals surface area contributed by atoms with Gasteiger partial charge in [0, 0.05) is 34.7 Å². The predicted octanol–water partition coefficient (Wildman–Crippen LogP) is 4.25. The van der Waals surface area contributed by atoms with Crippen molar-refractivity contribution in [2.75, 3.05) is 18.8 Å². The first kappa shape index (κ1) is 20.2. The highest BCUT2D eigenvalue weighted by atomic mass is 79.9. The van der Waals surface area contributed by atoms with Crippen molar-refractivity contribution in [2.45, 2.75) is 24.5 Å². The zero-order valence-electron chi connectivity index (χ0n) is 16.0. The van der Waals surface area contributed by atoms with Gasteiger partial charge in [-0.2, -0.15) is 0 Å². The monoisotopic (exact) mass is 474 g/mol. The van der Waals surface area contributed by atoms with Crippen LogP contribution in [-0.4, -0.2) is 43.1 Å². The van der Waals surface area contributed by atoms with Gasteiger partial charge in [-0.1, -0.05) is 46.3 Å². The van der Waals surface area contributed by atoms with Crippen molar-refractivity contribution < 1.29 is 13.2 Å². The summed E-state index contributed by atoms with van der Waals surface area (Å²) in [6.45, 7) is 1.19. The third kappa shape index (κ3) is 4.73. The molecule has 0 atom stereocenters. The molecule has 1 saturated heterocycles. The van der Waals surface area contributed by atoms with Crippen LogP contribution in [-0.2, 0) is 20.4 Å². The molecule has 3 aromatic rings. The number of carbonyl (C=O) groups excluding carboxylic acids is 1. The zero-order chi connectivity index (χ0) is 20.4. The van der Waals surface area contributed by atoms with Crippen LogP contribution in [0.25, 0.3) is 10.9 Å². The number of likely N-dealkylation sites (tertiary alicyclic amines) is 1. The molecule has 2 heterocycles. The van der Waals surface area contributed by atoms with Gasteiger partial charge in [-0.15, -0.1) is 0 Å². The number of rotatable bonds is 5. The number of H-pyrrole nitrogens is 1. The molecule has 1 fully saturated rings. The van der Waals surface area contributed by atoms with Crippen molar-refractivity contribution in [3.8, 4) is 0 Å². The van der Waals surface area contributed by atoms with Gasteiger partial charge in [0.05, 0.1) is 5.75 Å². The fraction of sp³-hybridized carbons (Fsp3) is 0.318. The smallest absolute Gasteiger partial charge is 0.237 e. The normalized spacial score (nSPS) is 15.7. The van der Waals surface area contributed by atoms with Crippen LogP contribution in [0.4, 0.5) is 0 Å². The molecule has 1 aromatic heterocycles. The first-order valence-electron chi connectivity index (χ1n) is 9.70. The lowest BCUT2D eigenvalue weighted by Gasteiger charge is -2.32. The van der Waals surface area contributed by atoms with E-state index in [2.05, 4.69) is 39.2 Å². The predicted molar refractivity (Wildman–Crippen MR) is 118 cm³/mol. The van der Waals surface area contributed by atoms with Gasteiger partial charge in [0.1, 0.15) is 5.75 Å². The summed E-state index contributed by atoms with van der Waals surface area (Å²) in [6.07, 6.45) is 3.76. The summed E-state index contributed by atoms with van der Waals surface area (Å²) >= 11 is 3.34. The Morgan fingerprint density at radius 1 is 1.07 bits per heavy atom. The summed E-state index contributed by atoms with van der Waals surface area (Å²) < 4.78 is 25.8. The second-order valence-corrected chi connectivity index (χ2v) is 10.6. The molecule has 2 aromatic carbocycles. The first-order chi connectivity index (χ1) is 13.9. The summed E-state index contributed by atoms with van der Waals surface area (Å²) in [4.78, 5) is 17.6. The molecule has 7 heteroatoms. The van der Waals surface area contributed by atoms with Crippen molar-refractivity contribution in [2.24, 2.45) is 0 Å². The van der Waals surface area contributed by atoms with Crippen molar-refractivity contribution in [1.29, 1.82) is 0 Å². The van der Waals surface area contributed by atoms with Crippen LogP contribution in [0.2, 0.25) is 0 Å². The summed E-state index contributed by atoms with van der Waals surface area (Å²) in [5.41, 5.74) is 3.11. The highest BCUT2D eigenvalue weighted by molar-refractivity contribution is 9.10. The molecule has 152 valence electrons. The number of aromatic amines is 1. The van der Waals surface area contributed by atoms with E-state index in [4.69, 9.17) is 0 Å². The number of carbonyl (C=O) groups is 1. The van der Waals surface area contributed by atoms with Crippen LogP contribution < -0.4 is 0 Å². The number of aromatic nitrogens is 1. The summed E-state index contributed by atoms with van der Waals surface area (Å²) in [5.74, 6) is -0.451. The Hall–Kier alpha value is -2.12. The molecule has 0 unspecified atom stereocenters. The van der Waals surface area contributed by atoms with Crippen LogP contribution >= 0.6 is 15.9 Å². The lowest BCUT2D eigenvalue weighted by molar-refractivity contribution is -0.129. The van der Waals surface area contributed by atoms with Crippen LogP contribution in [0, 0.1) is 0 Å². The minimum absolute atomic E-state index is 0.113. The molecule has 0 radical (unpaired) electrons. The largest absolute Gasteiger partial charge is 0.361 e. The van der Waals surface area contributed by atoms with Crippen LogP contribution in [0.3, 0.4) is 0 Å². The molecule has 0 saturated carbocycles. The number of hydrogen-bond acceptors (Lipinski definition) is 3. The average Bonchev–Trinajstić information content (AvgIpc) is 3.13. The summed E-state index contributed by atoms with van der Waals surface area (Å²) in [6, 6.07) is 15.4. The van der Waals surface area contributed by atoms with Gasteiger partial charge >= 0.3 is 0 Å². The van der Waals surface area contributed by atoms with Gasteiger partial charge < -0.3 is 9.88 Å². The number of sulfone groups is 1. The van der Waals surface area contributed by atoms with E-state index in [1.807, 2.05) is 24.3 Å². The molecule has 1 N–H and O–H groups in total. The second kappa shape index (κ2) is 8.32. The molecule has 29 heavy (non-hydrogen) atoms. The number of fused-ring (bicyclic) bond motifs is 1. The maximum Gasteiger partial charge on any atom is 0.237 e. The average molecular weight is 475 g/mol. The first-order valence-corrected chi connectivity index (χ1v) is 12.3.